The molecule has 0 heterocycles. The van der Waals surface area contributed by atoms with E-state index < -0.39 is 11.7 Å². The van der Waals surface area contributed by atoms with E-state index in [0.717, 1.165) is 24.6 Å². The number of nitrogens with one attached hydrogen (secondary N) is 1. The molecule has 4 heteroatoms. The molecule has 0 fully saturated rings. The molecule has 0 radical (unpaired) electrons. The predicted molar refractivity (Wildman–Crippen MR) is 72.1 cm³/mol. The van der Waals surface area contributed by atoms with Crippen molar-refractivity contribution in [2.75, 3.05) is 6.54 Å². The van der Waals surface area contributed by atoms with Crippen molar-refractivity contribution in [2.24, 2.45) is 5.92 Å². The Hall–Kier alpha value is -1.03. The molecule has 1 atom stereocenters. The topological polar surface area (TPSA) is 12.0 Å². The summed E-state index contributed by atoms with van der Waals surface area (Å²) >= 11 is 0. The second-order valence-electron chi connectivity index (χ2n) is 5.14. The number of rotatable bonds is 6. The molecule has 0 aliphatic heterocycles. The average molecular weight is 273 g/mol. The number of hydrogen-bond donors (Lipinski definition) is 1. The van der Waals surface area contributed by atoms with Crippen molar-refractivity contribution in [2.45, 2.75) is 45.8 Å². The summed E-state index contributed by atoms with van der Waals surface area (Å²) < 4.78 is 37.8. The fourth-order valence-electron chi connectivity index (χ4n) is 2.16. The average Bonchev–Trinajstić information content (AvgIpc) is 2.33. The Kier molecular flexibility index (Phi) is 5.85. The van der Waals surface area contributed by atoms with E-state index in [0.29, 0.717) is 18.4 Å². The van der Waals surface area contributed by atoms with Gasteiger partial charge in [0.2, 0.25) is 0 Å². The van der Waals surface area contributed by atoms with Gasteiger partial charge in [-0.05, 0) is 36.9 Å². The molecular formula is C15H22F3N. The van der Waals surface area contributed by atoms with Crippen LogP contribution in [0, 0.1) is 5.92 Å². The monoisotopic (exact) mass is 273 g/mol. The van der Waals surface area contributed by atoms with Gasteiger partial charge in [-0.3, -0.25) is 0 Å². The Balaban J connectivity index is 2.67. The molecule has 0 aromatic heterocycles. The molecule has 0 saturated carbocycles. The summed E-state index contributed by atoms with van der Waals surface area (Å²) in [6, 6.07) is 5.96. The molecule has 1 aromatic carbocycles. The van der Waals surface area contributed by atoms with Crippen LogP contribution in [0.4, 0.5) is 13.2 Å². The van der Waals surface area contributed by atoms with Crippen LogP contribution in [0.3, 0.4) is 0 Å². The van der Waals surface area contributed by atoms with Crippen molar-refractivity contribution in [3.63, 3.8) is 0 Å². The predicted octanol–water partition coefficient (Wildman–Crippen LogP) is 4.27. The largest absolute Gasteiger partial charge is 0.416 e. The third-order valence-corrected chi connectivity index (χ3v) is 3.27. The maximum absolute atomic E-state index is 12.6. The number of hydrogen-bond acceptors (Lipinski definition) is 1. The SMILES string of the molecule is CCNC(CCc1cccc(C(F)(F)F)c1)C(C)C. The molecule has 1 rings (SSSR count). The molecule has 0 amide bonds. The van der Waals surface area contributed by atoms with E-state index in [-0.39, 0.29) is 0 Å². The Morgan fingerprint density at radius 3 is 2.42 bits per heavy atom. The third kappa shape index (κ3) is 5.23. The molecule has 0 spiro atoms. The number of halogens is 3. The molecule has 19 heavy (non-hydrogen) atoms. The Bertz CT molecular complexity index is 385. The van der Waals surface area contributed by atoms with Gasteiger partial charge in [-0.1, -0.05) is 39.0 Å². The number of alkyl halides is 3. The second kappa shape index (κ2) is 6.94. The summed E-state index contributed by atoms with van der Waals surface area (Å²) in [6.45, 7) is 7.17. The molecule has 0 bridgehead atoms. The lowest BCUT2D eigenvalue weighted by Crippen LogP contribution is -2.34. The van der Waals surface area contributed by atoms with Crippen LogP contribution in [-0.4, -0.2) is 12.6 Å². The maximum atomic E-state index is 12.6. The molecule has 1 N–H and O–H groups in total. The lowest BCUT2D eigenvalue weighted by Gasteiger charge is -2.21. The summed E-state index contributed by atoms with van der Waals surface area (Å²) in [4.78, 5) is 0. The van der Waals surface area contributed by atoms with E-state index in [4.69, 9.17) is 0 Å². The maximum Gasteiger partial charge on any atom is 0.416 e. The Labute approximate surface area is 113 Å². The van der Waals surface area contributed by atoms with Crippen molar-refractivity contribution < 1.29 is 13.2 Å². The first-order valence-electron chi connectivity index (χ1n) is 6.74. The Morgan fingerprint density at radius 1 is 1.21 bits per heavy atom. The standard InChI is InChI=1S/C15H22F3N/c1-4-19-14(11(2)3)9-8-12-6-5-7-13(10-12)15(16,17)18/h5-7,10-11,14,19H,4,8-9H2,1-3H3. The van der Waals surface area contributed by atoms with Crippen LogP contribution in [0.1, 0.15) is 38.3 Å². The van der Waals surface area contributed by atoms with Gasteiger partial charge in [0.1, 0.15) is 0 Å². The molecule has 0 saturated heterocycles. The molecule has 1 aromatic rings. The van der Waals surface area contributed by atoms with Crippen molar-refractivity contribution >= 4 is 0 Å². The molecule has 108 valence electrons. The highest BCUT2D eigenvalue weighted by Crippen LogP contribution is 2.29. The van der Waals surface area contributed by atoms with Crippen LogP contribution < -0.4 is 5.32 Å². The van der Waals surface area contributed by atoms with Crippen LogP contribution in [0.5, 0.6) is 0 Å². The van der Waals surface area contributed by atoms with Gasteiger partial charge in [0.25, 0.3) is 0 Å². The smallest absolute Gasteiger partial charge is 0.314 e. The van der Waals surface area contributed by atoms with Gasteiger partial charge in [0, 0.05) is 6.04 Å². The zero-order valence-electron chi connectivity index (χ0n) is 11.7. The summed E-state index contributed by atoms with van der Waals surface area (Å²) in [6.07, 6.45) is -2.73. The highest BCUT2D eigenvalue weighted by molar-refractivity contribution is 5.25. The van der Waals surface area contributed by atoms with Crippen LogP contribution in [0.2, 0.25) is 0 Å². The highest BCUT2D eigenvalue weighted by atomic mass is 19.4. The quantitative estimate of drug-likeness (QED) is 0.816. The first-order chi connectivity index (χ1) is 8.84. The molecule has 1 nitrogen and oxygen atoms in total. The lowest BCUT2D eigenvalue weighted by molar-refractivity contribution is -0.137. The van der Waals surface area contributed by atoms with Crippen molar-refractivity contribution in [1.82, 2.24) is 5.32 Å². The molecule has 1 unspecified atom stereocenters. The lowest BCUT2D eigenvalue weighted by atomic mass is 9.96. The van der Waals surface area contributed by atoms with E-state index in [9.17, 15) is 13.2 Å². The van der Waals surface area contributed by atoms with Gasteiger partial charge in [0.05, 0.1) is 5.56 Å². The molecule has 0 aliphatic rings. The van der Waals surface area contributed by atoms with Crippen molar-refractivity contribution in [3.8, 4) is 0 Å². The number of benzene rings is 1. The van der Waals surface area contributed by atoms with Gasteiger partial charge < -0.3 is 5.32 Å². The Morgan fingerprint density at radius 2 is 1.89 bits per heavy atom. The van der Waals surface area contributed by atoms with Crippen molar-refractivity contribution in [3.05, 3.63) is 35.4 Å². The zero-order valence-corrected chi connectivity index (χ0v) is 11.7. The van der Waals surface area contributed by atoms with Gasteiger partial charge in [0.15, 0.2) is 0 Å². The van der Waals surface area contributed by atoms with Gasteiger partial charge in [-0.15, -0.1) is 0 Å². The van der Waals surface area contributed by atoms with E-state index in [1.165, 1.54) is 12.1 Å². The van der Waals surface area contributed by atoms with Crippen LogP contribution in [0.25, 0.3) is 0 Å². The summed E-state index contributed by atoms with van der Waals surface area (Å²) in [5.41, 5.74) is 0.188. The van der Waals surface area contributed by atoms with E-state index in [2.05, 4.69) is 19.2 Å². The highest BCUT2D eigenvalue weighted by Gasteiger charge is 2.30. The van der Waals surface area contributed by atoms with Crippen LogP contribution in [0.15, 0.2) is 24.3 Å². The molecular weight excluding hydrogens is 251 g/mol. The minimum atomic E-state index is -4.25. The van der Waals surface area contributed by atoms with E-state index in [1.807, 2.05) is 6.92 Å². The second-order valence-corrected chi connectivity index (χ2v) is 5.14. The molecule has 0 aliphatic carbocycles. The first-order valence-corrected chi connectivity index (χ1v) is 6.74. The van der Waals surface area contributed by atoms with Gasteiger partial charge in [-0.2, -0.15) is 13.2 Å². The van der Waals surface area contributed by atoms with E-state index >= 15 is 0 Å². The first kappa shape index (κ1) is 16.0. The third-order valence-electron chi connectivity index (χ3n) is 3.27. The van der Waals surface area contributed by atoms with E-state index in [1.54, 1.807) is 6.07 Å². The normalized spacial score (nSPS) is 13.8. The van der Waals surface area contributed by atoms with Crippen LogP contribution in [-0.2, 0) is 12.6 Å². The fourth-order valence-corrected chi connectivity index (χ4v) is 2.16. The van der Waals surface area contributed by atoms with Gasteiger partial charge in [-0.25, -0.2) is 0 Å². The van der Waals surface area contributed by atoms with Crippen molar-refractivity contribution in [1.29, 1.82) is 0 Å². The van der Waals surface area contributed by atoms with Crippen LogP contribution >= 0.6 is 0 Å². The minimum Gasteiger partial charge on any atom is -0.314 e. The summed E-state index contributed by atoms with van der Waals surface area (Å²) in [5, 5.41) is 3.37. The number of aryl methyl sites for hydroxylation is 1. The van der Waals surface area contributed by atoms with Gasteiger partial charge >= 0.3 is 6.18 Å². The summed E-state index contributed by atoms with van der Waals surface area (Å²) in [5.74, 6) is 0.478. The minimum absolute atomic E-state index is 0.347. The zero-order chi connectivity index (χ0) is 14.5. The summed E-state index contributed by atoms with van der Waals surface area (Å²) in [7, 11) is 0. The fraction of sp³-hybridized carbons (Fsp3) is 0.600.